The van der Waals surface area contributed by atoms with Gasteiger partial charge in [-0.15, -0.1) is 0 Å². The number of carbonyl (C=O) groups is 2. The van der Waals surface area contributed by atoms with Crippen LogP contribution in [0.1, 0.15) is 86.7 Å². The Balaban J connectivity index is 0.884. The molecule has 0 radical (unpaired) electrons. The predicted octanol–water partition coefficient (Wildman–Crippen LogP) is 7.99. The topological polar surface area (TPSA) is 128 Å². The highest BCUT2D eigenvalue weighted by Crippen LogP contribution is 2.58. The molecule has 2 aromatic heterocycles. The zero-order chi connectivity index (χ0) is 36.9. The maximum Gasteiger partial charge on any atom is 0.406 e. The van der Waals surface area contributed by atoms with Crippen LogP contribution in [0.15, 0.2) is 60.8 Å². The Labute approximate surface area is 311 Å². The average Bonchev–Trinajstić information content (AvgIpc) is 3.84. The lowest BCUT2D eigenvalue weighted by atomic mass is 9.98. The van der Waals surface area contributed by atoms with Gasteiger partial charge in [-0.25, -0.2) is 14.8 Å². The lowest BCUT2D eigenvalue weighted by molar-refractivity contribution is -0.133. The van der Waals surface area contributed by atoms with Crippen molar-refractivity contribution in [3.8, 4) is 33.5 Å². The van der Waals surface area contributed by atoms with Gasteiger partial charge in [0, 0.05) is 42.2 Å². The number of rotatable bonds is 8. The molecule has 4 N–H and O–H groups in total. The van der Waals surface area contributed by atoms with Crippen LogP contribution in [0.4, 0.5) is 13.6 Å². The maximum atomic E-state index is 16.4. The van der Waals surface area contributed by atoms with E-state index in [2.05, 4.69) is 25.3 Å². The van der Waals surface area contributed by atoms with Gasteiger partial charge < -0.3 is 30.2 Å². The first-order chi connectivity index (χ1) is 26.1. The number of imidazole rings is 2. The molecule has 5 aliphatic rings. The number of hydrogen-bond donors (Lipinski definition) is 4. The molecule has 2 saturated heterocycles. The minimum atomic E-state index is -3.19. The van der Waals surface area contributed by atoms with Gasteiger partial charge in [0.2, 0.25) is 5.91 Å². The largest absolute Gasteiger partial charge is 0.453 e. The Morgan fingerprint density at radius 1 is 0.981 bits per heavy atom. The Hall–Kier alpha value is -5.10. The van der Waals surface area contributed by atoms with Gasteiger partial charge in [-0.3, -0.25) is 4.79 Å². The van der Waals surface area contributed by atoms with Crippen LogP contribution in [-0.2, 0) is 15.5 Å². The second kappa shape index (κ2) is 12.2. The van der Waals surface area contributed by atoms with Crippen molar-refractivity contribution < 1.29 is 23.1 Å². The van der Waals surface area contributed by atoms with Gasteiger partial charge in [-0.2, -0.15) is 8.78 Å². The summed E-state index contributed by atoms with van der Waals surface area (Å²) in [5.74, 6) is -1.02. The molecule has 4 heterocycles. The number of aromatic nitrogens is 4. The van der Waals surface area contributed by atoms with Gasteiger partial charge in [-0.05, 0) is 102 Å². The number of alkyl halides is 2. The fraction of sp³-hybridized carbons (Fsp3) is 0.429. The molecule has 2 saturated carbocycles. The molecule has 5 aromatic rings. The second-order valence-corrected chi connectivity index (χ2v) is 16.5. The van der Waals surface area contributed by atoms with Crippen molar-refractivity contribution in [2.45, 2.75) is 75.9 Å². The quantitative estimate of drug-likeness (QED) is 0.128. The first kappa shape index (κ1) is 33.5. The smallest absolute Gasteiger partial charge is 0.406 e. The zero-order valence-electron chi connectivity index (χ0n) is 30.3. The van der Waals surface area contributed by atoms with E-state index < -0.39 is 12.0 Å². The van der Waals surface area contributed by atoms with Gasteiger partial charge in [0.25, 0.3) is 5.92 Å². The molecule has 3 aliphatic carbocycles. The predicted molar refractivity (Wildman–Crippen MR) is 199 cm³/mol. The molecule has 10 nitrogen and oxygen atoms in total. The number of halogens is 2. The number of fused-ring (bicyclic) bond motifs is 6. The molecule has 12 heteroatoms. The number of benzene rings is 3. The number of nitrogens with zero attached hydrogens (tertiary/aromatic N) is 3. The lowest BCUT2D eigenvalue weighted by Gasteiger charge is -2.25. The number of hydrogen-bond acceptors (Lipinski definition) is 6. The summed E-state index contributed by atoms with van der Waals surface area (Å²) >= 11 is 0. The number of ether oxygens (including phenoxy) is 1. The van der Waals surface area contributed by atoms with Crippen LogP contribution in [0.5, 0.6) is 0 Å². The monoisotopic (exact) mass is 731 g/mol. The third kappa shape index (κ3) is 5.51. The molecule has 4 fully saturated rings. The SMILES string of the molecule is COC(=O)NCC(C)CC(=O)N1CC2(CC2)CC1c1ncc(-c2ccc3c(c2)C(F)(F)c2cc(-c4ccc5nc(C6NC7CCC6C7)[nH]c5c4)ccc2-3)[nH]1. The number of piperidine rings is 1. The van der Waals surface area contributed by atoms with Gasteiger partial charge in [-0.1, -0.05) is 37.3 Å². The summed E-state index contributed by atoms with van der Waals surface area (Å²) in [6.07, 6.45) is 8.05. The average molecular weight is 732 g/mol. The molecular formula is C42H43F2N7O3. The first-order valence-corrected chi connectivity index (χ1v) is 19.2. The van der Waals surface area contributed by atoms with Gasteiger partial charge in [0.1, 0.15) is 11.6 Å². The minimum Gasteiger partial charge on any atom is -0.453 e. The molecule has 5 atom stereocenters. The highest BCUT2D eigenvalue weighted by Gasteiger charge is 2.54. The number of aromatic amines is 2. The molecule has 5 unspecified atom stereocenters. The summed E-state index contributed by atoms with van der Waals surface area (Å²) in [6, 6.07) is 17.1. The highest BCUT2D eigenvalue weighted by molar-refractivity contribution is 5.87. The van der Waals surface area contributed by atoms with Crippen molar-refractivity contribution in [1.29, 1.82) is 0 Å². The number of methoxy groups -OCH3 is 1. The van der Waals surface area contributed by atoms with E-state index in [1.165, 1.54) is 26.4 Å². The van der Waals surface area contributed by atoms with Crippen molar-refractivity contribution in [2.75, 3.05) is 20.2 Å². The summed E-state index contributed by atoms with van der Waals surface area (Å²) in [5.41, 5.74) is 5.77. The van der Waals surface area contributed by atoms with E-state index in [1.54, 1.807) is 24.4 Å². The summed E-state index contributed by atoms with van der Waals surface area (Å²) in [6.45, 7) is 2.93. The van der Waals surface area contributed by atoms with Crippen molar-refractivity contribution >= 4 is 23.0 Å². The summed E-state index contributed by atoms with van der Waals surface area (Å²) in [4.78, 5) is 43.5. The minimum absolute atomic E-state index is 0.000108. The standard InChI is InChI=1S/C42H43F2N7O3/c1-22(19-46-40(53)54-2)13-36(52)51-21-41(11-12-41)18-35(51)38-45-20-34(50-38)25-5-9-29-28-8-4-23(15-30(28)42(43,44)31(29)16-25)24-6-10-32-33(17-24)49-39(48-32)37-26-3-7-27(14-26)47-37/h4-6,8-10,15-17,20,22,26-27,35,37,47H,3,7,11-14,18-19,21H2,1-2H3,(H,45,50)(H,46,53)(H,48,49). The third-order valence-electron chi connectivity index (χ3n) is 12.8. The van der Waals surface area contributed by atoms with E-state index >= 15 is 8.78 Å². The third-order valence-corrected chi connectivity index (χ3v) is 12.8. The van der Waals surface area contributed by atoms with E-state index in [0.717, 1.165) is 47.2 Å². The summed E-state index contributed by atoms with van der Waals surface area (Å²) < 4.78 is 37.5. The molecule has 2 aliphatic heterocycles. The van der Waals surface area contributed by atoms with Gasteiger partial charge >= 0.3 is 6.09 Å². The summed E-state index contributed by atoms with van der Waals surface area (Å²) in [5, 5.41) is 6.37. The van der Waals surface area contributed by atoms with Crippen LogP contribution in [0.3, 0.4) is 0 Å². The number of amides is 2. The van der Waals surface area contributed by atoms with Crippen molar-refractivity contribution in [3.05, 3.63) is 83.6 Å². The van der Waals surface area contributed by atoms with Crippen molar-refractivity contribution in [1.82, 2.24) is 35.5 Å². The Kier molecular flexibility index (Phi) is 7.57. The fourth-order valence-corrected chi connectivity index (χ4v) is 9.66. The van der Waals surface area contributed by atoms with Crippen LogP contribution in [0.25, 0.3) is 44.5 Å². The maximum absolute atomic E-state index is 16.4. The summed E-state index contributed by atoms with van der Waals surface area (Å²) in [7, 11) is 1.31. The molecule has 2 amide bonds. The van der Waals surface area contributed by atoms with E-state index in [4.69, 9.17) is 9.97 Å². The Morgan fingerprint density at radius 2 is 1.72 bits per heavy atom. The fourth-order valence-electron chi connectivity index (χ4n) is 9.66. The van der Waals surface area contributed by atoms with Crippen LogP contribution in [0.2, 0.25) is 0 Å². The van der Waals surface area contributed by atoms with Crippen LogP contribution in [0, 0.1) is 17.3 Å². The highest BCUT2D eigenvalue weighted by atomic mass is 19.3. The molecule has 278 valence electrons. The molecule has 1 spiro atoms. The van der Waals surface area contributed by atoms with E-state index in [1.807, 2.05) is 48.2 Å². The normalized spacial score (nSPS) is 24.6. The molecular weight excluding hydrogens is 689 g/mol. The van der Waals surface area contributed by atoms with Gasteiger partial charge in [0.15, 0.2) is 0 Å². The van der Waals surface area contributed by atoms with Gasteiger partial charge in [0.05, 0.1) is 42.1 Å². The lowest BCUT2D eigenvalue weighted by Crippen LogP contribution is -2.35. The molecule has 54 heavy (non-hydrogen) atoms. The van der Waals surface area contributed by atoms with Crippen molar-refractivity contribution in [2.24, 2.45) is 17.3 Å². The van der Waals surface area contributed by atoms with Crippen LogP contribution < -0.4 is 10.6 Å². The number of carbonyl (C=O) groups excluding carboxylic acids is 2. The van der Waals surface area contributed by atoms with Crippen LogP contribution >= 0.6 is 0 Å². The zero-order valence-corrected chi connectivity index (χ0v) is 30.3. The van der Waals surface area contributed by atoms with E-state index in [0.29, 0.717) is 53.3 Å². The van der Waals surface area contributed by atoms with Crippen LogP contribution in [-0.4, -0.2) is 63.1 Å². The number of H-pyrrole nitrogens is 2. The second-order valence-electron chi connectivity index (χ2n) is 16.5. The van der Waals surface area contributed by atoms with E-state index in [-0.39, 0.29) is 46.9 Å². The Morgan fingerprint density at radius 3 is 2.44 bits per heavy atom. The molecule has 3 aromatic carbocycles. The number of nitrogens with one attached hydrogen (secondary N) is 4. The Bertz CT molecular complexity index is 2330. The van der Waals surface area contributed by atoms with Crippen molar-refractivity contribution in [3.63, 3.8) is 0 Å². The molecule has 2 bridgehead atoms. The number of likely N-dealkylation sites (tertiary alicyclic amines) is 1. The first-order valence-electron chi connectivity index (χ1n) is 19.2. The van der Waals surface area contributed by atoms with E-state index in [9.17, 15) is 9.59 Å². The molecule has 10 rings (SSSR count). The number of alkyl carbamates (subject to hydrolysis) is 1.